The first-order valence-electron chi connectivity index (χ1n) is 8.40. The highest BCUT2D eigenvalue weighted by Crippen LogP contribution is 2.17. The lowest BCUT2D eigenvalue weighted by molar-refractivity contribution is -0.113. The minimum absolute atomic E-state index is 0.0389. The van der Waals surface area contributed by atoms with E-state index in [9.17, 15) is 14.4 Å². The van der Waals surface area contributed by atoms with Gasteiger partial charge in [-0.25, -0.2) is 4.79 Å². The Balaban J connectivity index is 1.83. The summed E-state index contributed by atoms with van der Waals surface area (Å²) in [5.74, 6) is -1.76. The van der Waals surface area contributed by atoms with Gasteiger partial charge in [0.1, 0.15) is 11.5 Å². The van der Waals surface area contributed by atoms with Crippen LogP contribution in [-0.4, -0.2) is 22.9 Å². The van der Waals surface area contributed by atoms with Gasteiger partial charge in [-0.15, -0.1) is 0 Å². The number of carboxylic acids is 1. The molecule has 0 bridgehead atoms. The predicted molar refractivity (Wildman–Crippen MR) is 110 cm³/mol. The second-order valence-electron chi connectivity index (χ2n) is 5.84. The Morgan fingerprint density at radius 3 is 2.31 bits per heavy atom. The van der Waals surface area contributed by atoms with Crippen LogP contribution < -0.4 is 10.6 Å². The van der Waals surface area contributed by atoms with Crippen LogP contribution in [0.15, 0.2) is 81.5 Å². The van der Waals surface area contributed by atoms with Gasteiger partial charge in [0.2, 0.25) is 0 Å². The van der Waals surface area contributed by atoms with Crippen LogP contribution in [0.4, 0.5) is 5.69 Å². The maximum atomic E-state index is 12.7. The molecule has 0 fully saturated rings. The third kappa shape index (κ3) is 5.20. The first kappa shape index (κ1) is 20.1. The van der Waals surface area contributed by atoms with Crippen LogP contribution in [0.3, 0.4) is 0 Å². The number of aromatic carboxylic acids is 1. The second-order valence-corrected chi connectivity index (χ2v) is 6.70. The number of amides is 2. The highest BCUT2D eigenvalue weighted by atomic mass is 79.9. The lowest BCUT2D eigenvalue weighted by Crippen LogP contribution is -2.31. The van der Waals surface area contributed by atoms with Crippen LogP contribution in [0.1, 0.15) is 26.5 Å². The Hall–Kier alpha value is -3.65. The molecule has 3 rings (SSSR count). The summed E-state index contributed by atoms with van der Waals surface area (Å²) in [5.41, 5.74) is 0.788. The summed E-state index contributed by atoms with van der Waals surface area (Å²) in [5, 5.41) is 14.2. The maximum absolute atomic E-state index is 12.7. The molecule has 0 aliphatic rings. The smallest absolute Gasteiger partial charge is 0.335 e. The standard InChI is InChI=1S/C21H15BrN2O5/c22-17-6-2-1-5-16(17)19(25)24-18(12-15-4-3-11-29-15)20(26)23-14-9-7-13(8-10-14)21(27)28/h1-12H,(H,23,26)(H,24,25)(H,27,28). The van der Waals surface area contributed by atoms with E-state index in [1.54, 1.807) is 36.4 Å². The van der Waals surface area contributed by atoms with E-state index in [0.29, 0.717) is 21.5 Å². The number of furan rings is 1. The first-order chi connectivity index (χ1) is 13.9. The molecular formula is C21H15BrN2O5. The van der Waals surface area contributed by atoms with Crippen molar-refractivity contribution in [1.29, 1.82) is 0 Å². The van der Waals surface area contributed by atoms with Crippen LogP contribution >= 0.6 is 15.9 Å². The van der Waals surface area contributed by atoms with Crippen molar-refractivity contribution in [2.45, 2.75) is 0 Å². The van der Waals surface area contributed by atoms with Crippen LogP contribution in [-0.2, 0) is 4.79 Å². The molecular weight excluding hydrogens is 440 g/mol. The predicted octanol–water partition coefficient (Wildman–Crippen LogP) is 4.15. The number of carbonyl (C=O) groups is 3. The SMILES string of the molecule is O=C(Nc1ccc(C(=O)O)cc1)C(=Cc1ccco1)NC(=O)c1ccccc1Br. The topological polar surface area (TPSA) is 109 Å². The minimum Gasteiger partial charge on any atom is -0.478 e. The molecule has 0 unspecified atom stereocenters. The van der Waals surface area contributed by atoms with E-state index < -0.39 is 17.8 Å². The third-order valence-corrected chi connectivity index (χ3v) is 4.52. The Labute approximate surface area is 174 Å². The van der Waals surface area contributed by atoms with Crippen molar-refractivity contribution in [2.24, 2.45) is 0 Å². The molecule has 3 aromatic rings. The van der Waals surface area contributed by atoms with Crippen LogP contribution in [0, 0.1) is 0 Å². The summed E-state index contributed by atoms with van der Waals surface area (Å²) in [4.78, 5) is 36.3. The van der Waals surface area contributed by atoms with Crippen molar-refractivity contribution < 1.29 is 23.9 Å². The van der Waals surface area contributed by atoms with Crippen LogP contribution in [0.25, 0.3) is 6.08 Å². The molecule has 0 atom stereocenters. The molecule has 0 aliphatic heterocycles. The van der Waals surface area contributed by atoms with Gasteiger partial charge < -0.3 is 20.2 Å². The monoisotopic (exact) mass is 454 g/mol. The highest BCUT2D eigenvalue weighted by Gasteiger charge is 2.17. The van der Waals surface area contributed by atoms with E-state index in [1.165, 1.54) is 36.6 Å². The van der Waals surface area contributed by atoms with Gasteiger partial charge in [0.25, 0.3) is 11.8 Å². The lowest BCUT2D eigenvalue weighted by Gasteiger charge is -2.11. The Kier molecular flexibility index (Phi) is 6.25. The Bertz CT molecular complexity index is 1070. The molecule has 0 spiro atoms. The van der Waals surface area contributed by atoms with E-state index in [2.05, 4.69) is 26.6 Å². The molecule has 0 aliphatic carbocycles. The number of carboxylic acid groups (broad SMARTS) is 1. The fraction of sp³-hybridized carbons (Fsp3) is 0. The zero-order valence-electron chi connectivity index (χ0n) is 14.9. The lowest BCUT2D eigenvalue weighted by atomic mass is 10.2. The Morgan fingerprint density at radius 2 is 1.69 bits per heavy atom. The zero-order valence-corrected chi connectivity index (χ0v) is 16.5. The molecule has 2 aromatic carbocycles. The van der Waals surface area contributed by atoms with Crippen LogP contribution in [0.2, 0.25) is 0 Å². The van der Waals surface area contributed by atoms with Crippen molar-refractivity contribution >= 4 is 45.5 Å². The van der Waals surface area contributed by atoms with Gasteiger partial charge >= 0.3 is 5.97 Å². The maximum Gasteiger partial charge on any atom is 0.335 e. The molecule has 1 heterocycles. The number of hydrogen-bond acceptors (Lipinski definition) is 4. The number of anilines is 1. The van der Waals surface area contributed by atoms with Crippen molar-refractivity contribution in [2.75, 3.05) is 5.32 Å². The van der Waals surface area contributed by atoms with Crippen LogP contribution in [0.5, 0.6) is 0 Å². The summed E-state index contributed by atoms with van der Waals surface area (Å²) in [7, 11) is 0. The van der Waals surface area contributed by atoms with E-state index in [-0.39, 0.29) is 11.3 Å². The molecule has 8 heteroatoms. The second kappa shape index (κ2) is 9.03. The number of hydrogen-bond donors (Lipinski definition) is 3. The molecule has 0 saturated carbocycles. The molecule has 0 saturated heterocycles. The van der Waals surface area contributed by atoms with Crippen molar-refractivity contribution in [3.63, 3.8) is 0 Å². The summed E-state index contributed by atoms with van der Waals surface area (Å²) >= 11 is 3.31. The van der Waals surface area contributed by atoms with Crippen molar-refractivity contribution in [3.8, 4) is 0 Å². The fourth-order valence-electron chi connectivity index (χ4n) is 2.40. The first-order valence-corrected chi connectivity index (χ1v) is 9.19. The quantitative estimate of drug-likeness (QED) is 0.484. The fourth-order valence-corrected chi connectivity index (χ4v) is 2.87. The summed E-state index contributed by atoms with van der Waals surface area (Å²) < 4.78 is 5.82. The molecule has 7 nitrogen and oxygen atoms in total. The van der Waals surface area contributed by atoms with Gasteiger partial charge in [-0.3, -0.25) is 9.59 Å². The van der Waals surface area contributed by atoms with Crippen molar-refractivity contribution in [1.82, 2.24) is 5.32 Å². The van der Waals surface area contributed by atoms with Gasteiger partial charge in [0, 0.05) is 16.2 Å². The molecule has 3 N–H and O–H groups in total. The zero-order chi connectivity index (χ0) is 20.8. The van der Waals surface area contributed by atoms with Crippen molar-refractivity contribution in [3.05, 3.63) is 94.0 Å². The number of benzene rings is 2. The number of nitrogens with one attached hydrogen (secondary N) is 2. The van der Waals surface area contributed by atoms with Gasteiger partial charge in [0.05, 0.1) is 17.4 Å². The largest absolute Gasteiger partial charge is 0.478 e. The molecule has 2 amide bonds. The van der Waals surface area contributed by atoms with Gasteiger partial charge in [-0.05, 0) is 64.5 Å². The summed E-state index contributed by atoms with van der Waals surface area (Å²) in [6.45, 7) is 0. The van der Waals surface area contributed by atoms with E-state index in [0.717, 1.165) is 0 Å². The average molecular weight is 455 g/mol. The van der Waals surface area contributed by atoms with E-state index in [1.807, 2.05) is 0 Å². The molecule has 1 aromatic heterocycles. The van der Waals surface area contributed by atoms with E-state index in [4.69, 9.17) is 9.52 Å². The Morgan fingerprint density at radius 1 is 0.966 bits per heavy atom. The number of halogens is 1. The average Bonchev–Trinajstić information content (AvgIpc) is 3.21. The number of rotatable bonds is 6. The van der Waals surface area contributed by atoms with Gasteiger partial charge in [-0.1, -0.05) is 12.1 Å². The highest BCUT2D eigenvalue weighted by molar-refractivity contribution is 9.10. The molecule has 29 heavy (non-hydrogen) atoms. The minimum atomic E-state index is -1.07. The summed E-state index contributed by atoms with van der Waals surface area (Å²) in [6, 6.07) is 15.8. The number of carbonyl (C=O) groups excluding carboxylic acids is 2. The molecule has 0 radical (unpaired) electrons. The van der Waals surface area contributed by atoms with Gasteiger partial charge in [0.15, 0.2) is 0 Å². The third-order valence-electron chi connectivity index (χ3n) is 3.83. The van der Waals surface area contributed by atoms with E-state index >= 15 is 0 Å². The molecule has 146 valence electrons. The normalized spacial score (nSPS) is 11.0. The summed E-state index contributed by atoms with van der Waals surface area (Å²) in [6.07, 6.45) is 2.84. The van der Waals surface area contributed by atoms with Gasteiger partial charge in [-0.2, -0.15) is 0 Å².